The predicted octanol–water partition coefficient (Wildman–Crippen LogP) is 3.36. The Hall–Kier alpha value is -1.30. The lowest BCUT2D eigenvalue weighted by atomic mass is 9.97. The smallest absolute Gasteiger partial charge is 0.321 e. The van der Waals surface area contributed by atoms with Crippen LogP contribution in [0.3, 0.4) is 0 Å². The highest BCUT2D eigenvalue weighted by Crippen LogP contribution is 2.31. The van der Waals surface area contributed by atoms with Crippen LogP contribution in [-0.4, -0.2) is 72.6 Å². The Morgan fingerprint density at radius 2 is 1.77 bits per heavy atom. The molecule has 0 bridgehead atoms. The van der Waals surface area contributed by atoms with Crippen molar-refractivity contribution in [2.75, 3.05) is 51.1 Å². The molecule has 1 saturated carbocycles. The summed E-state index contributed by atoms with van der Waals surface area (Å²) in [4.78, 5) is 19.6. The molecule has 1 aromatic rings. The van der Waals surface area contributed by atoms with Crippen molar-refractivity contribution in [1.29, 1.82) is 0 Å². The Morgan fingerprint density at radius 1 is 1.04 bits per heavy atom. The number of nitrogens with one attached hydrogen (secondary N) is 1. The summed E-state index contributed by atoms with van der Waals surface area (Å²) in [6.45, 7) is 7.34. The lowest BCUT2D eigenvalue weighted by Gasteiger charge is -2.39. The molecule has 1 aliphatic carbocycles. The molecule has 2 heterocycles. The van der Waals surface area contributed by atoms with Gasteiger partial charge in [-0.3, -0.25) is 4.90 Å². The van der Waals surface area contributed by atoms with Crippen molar-refractivity contribution in [2.24, 2.45) is 5.92 Å². The third-order valence-corrected chi connectivity index (χ3v) is 6.14. The maximum atomic E-state index is 12.4. The summed E-state index contributed by atoms with van der Waals surface area (Å²) in [5.74, 6) is 0.804. The van der Waals surface area contributed by atoms with Crippen LogP contribution in [0.1, 0.15) is 25.7 Å². The number of anilines is 1. The van der Waals surface area contributed by atoms with E-state index < -0.39 is 0 Å². The summed E-state index contributed by atoms with van der Waals surface area (Å²) in [6.07, 6.45) is 5.54. The van der Waals surface area contributed by atoms with Crippen molar-refractivity contribution >= 4 is 23.3 Å². The number of hydrogen-bond acceptors (Lipinski definition) is 3. The maximum absolute atomic E-state index is 12.4. The number of carbonyl (C=O) groups is 1. The number of hydrogen-bond donors (Lipinski definition) is 1. The SMILES string of the molecule is O=C(Nc1ccc(Cl)cc1)N1CCN(C[C@H]2CCCN(C3CC3)C2)CC1. The second-order valence-electron chi connectivity index (χ2n) is 7.96. The molecule has 2 amide bonds. The molecular formula is C20H29ClN4O. The van der Waals surface area contributed by atoms with Gasteiger partial charge in [0, 0.05) is 56.0 Å². The molecule has 26 heavy (non-hydrogen) atoms. The minimum absolute atomic E-state index is 0.00968. The Bertz CT molecular complexity index is 611. The molecule has 0 unspecified atom stereocenters. The first-order valence-corrected chi connectivity index (χ1v) is 10.3. The summed E-state index contributed by atoms with van der Waals surface area (Å²) in [5.41, 5.74) is 0.796. The Morgan fingerprint density at radius 3 is 2.46 bits per heavy atom. The molecule has 0 spiro atoms. The average molecular weight is 377 g/mol. The number of halogens is 1. The molecule has 5 nitrogen and oxygen atoms in total. The monoisotopic (exact) mass is 376 g/mol. The van der Waals surface area contributed by atoms with Crippen LogP contribution in [0.25, 0.3) is 0 Å². The van der Waals surface area contributed by atoms with Crippen LogP contribution in [0, 0.1) is 5.92 Å². The van der Waals surface area contributed by atoms with Gasteiger partial charge in [-0.2, -0.15) is 0 Å². The van der Waals surface area contributed by atoms with Crippen molar-refractivity contribution in [2.45, 2.75) is 31.7 Å². The van der Waals surface area contributed by atoms with Gasteiger partial charge in [0.15, 0.2) is 0 Å². The van der Waals surface area contributed by atoms with E-state index in [0.29, 0.717) is 5.02 Å². The van der Waals surface area contributed by atoms with Crippen LogP contribution < -0.4 is 5.32 Å². The normalized spacial score (nSPS) is 25.3. The fourth-order valence-corrected chi connectivity index (χ4v) is 4.38. The van der Waals surface area contributed by atoms with E-state index in [0.717, 1.165) is 43.8 Å². The zero-order valence-electron chi connectivity index (χ0n) is 15.4. The minimum Gasteiger partial charge on any atom is -0.322 e. The van der Waals surface area contributed by atoms with Crippen molar-refractivity contribution in [3.05, 3.63) is 29.3 Å². The average Bonchev–Trinajstić information content (AvgIpc) is 3.50. The second-order valence-corrected chi connectivity index (χ2v) is 8.40. The van der Waals surface area contributed by atoms with E-state index in [4.69, 9.17) is 11.6 Å². The first-order valence-electron chi connectivity index (χ1n) is 9.95. The van der Waals surface area contributed by atoms with E-state index in [1.54, 1.807) is 12.1 Å². The molecule has 2 aliphatic heterocycles. The predicted molar refractivity (Wildman–Crippen MR) is 106 cm³/mol. The molecule has 3 fully saturated rings. The third-order valence-electron chi connectivity index (χ3n) is 5.89. The first-order chi connectivity index (χ1) is 12.7. The van der Waals surface area contributed by atoms with E-state index in [9.17, 15) is 4.79 Å². The van der Waals surface area contributed by atoms with Gasteiger partial charge in [-0.1, -0.05) is 11.6 Å². The zero-order chi connectivity index (χ0) is 17.9. The Labute approximate surface area is 161 Å². The standard InChI is InChI=1S/C20H29ClN4O/c21-17-3-5-18(6-4-17)22-20(26)24-12-10-23(11-13-24)14-16-2-1-9-25(15-16)19-7-8-19/h3-6,16,19H,1-2,7-15H2,(H,22,26)/t16-/m1/s1. The Balaban J connectivity index is 1.21. The van der Waals surface area contributed by atoms with Gasteiger partial charge in [-0.25, -0.2) is 4.79 Å². The van der Waals surface area contributed by atoms with Gasteiger partial charge in [0.1, 0.15) is 0 Å². The molecule has 1 atom stereocenters. The van der Waals surface area contributed by atoms with Gasteiger partial charge in [-0.15, -0.1) is 0 Å². The summed E-state index contributed by atoms with van der Waals surface area (Å²) >= 11 is 5.89. The van der Waals surface area contributed by atoms with Gasteiger partial charge < -0.3 is 15.1 Å². The van der Waals surface area contributed by atoms with Crippen molar-refractivity contribution in [3.63, 3.8) is 0 Å². The number of piperidine rings is 1. The number of piperazine rings is 1. The van der Waals surface area contributed by atoms with Gasteiger partial charge >= 0.3 is 6.03 Å². The highest BCUT2D eigenvalue weighted by molar-refractivity contribution is 6.30. The number of urea groups is 1. The largest absolute Gasteiger partial charge is 0.322 e. The van der Waals surface area contributed by atoms with Gasteiger partial charge in [-0.05, 0) is 62.4 Å². The number of likely N-dealkylation sites (tertiary alicyclic amines) is 1. The molecular weight excluding hydrogens is 348 g/mol. The van der Waals surface area contributed by atoms with Crippen LogP contribution in [-0.2, 0) is 0 Å². The van der Waals surface area contributed by atoms with Crippen LogP contribution in [0.15, 0.2) is 24.3 Å². The molecule has 2 saturated heterocycles. The number of benzene rings is 1. The van der Waals surface area contributed by atoms with E-state index in [-0.39, 0.29) is 6.03 Å². The Kier molecular flexibility index (Phi) is 5.67. The van der Waals surface area contributed by atoms with Crippen molar-refractivity contribution in [3.8, 4) is 0 Å². The lowest BCUT2D eigenvalue weighted by molar-refractivity contribution is 0.0982. The number of rotatable bonds is 4. The fourth-order valence-electron chi connectivity index (χ4n) is 4.25. The van der Waals surface area contributed by atoms with E-state index >= 15 is 0 Å². The number of carbonyl (C=O) groups excluding carboxylic acids is 1. The molecule has 1 N–H and O–H groups in total. The summed E-state index contributed by atoms with van der Waals surface area (Å²) in [6, 6.07) is 8.15. The summed E-state index contributed by atoms with van der Waals surface area (Å²) < 4.78 is 0. The topological polar surface area (TPSA) is 38.8 Å². The maximum Gasteiger partial charge on any atom is 0.321 e. The second kappa shape index (κ2) is 8.15. The van der Waals surface area contributed by atoms with E-state index in [1.165, 1.54) is 45.3 Å². The number of amides is 2. The molecule has 0 radical (unpaired) electrons. The molecule has 0 aromatic heterocycles. The third kappa shape index (κ3) is 4.70. The number of nitrogens with zero attached hydrogens (tertiary/aromatic N) is 3. The highest BCUT2D eigenvalue weighted by atomic mass is 35.5. The highest BCUT2D eigenvalue weighted by Gasteiger charge is 2.33. The summed E-state index contributed by atoms with van der Waals surface area (Å²) in [7, 11) is 0. The van der Waals surface area contributed by atoms with Crippen molar-refractivity contribution in [1.82, 2.24) is 14.7 Å². The van der Waals surface area contributed by atoms with Gasteiger partial charge in [0.05, 0.1) is 0 Å². The van der Waals surface area contributed by atoms with Gasteiger partial charge in [0.2, 0.25) is 0 Å². The van der Waals surface area contributed by atoms with E-state index in [2.05, 4.69) is 15.1 Å². The molecule has 6 heteroatoms. The summed E-state index contributed by atoms with van der Waals surface area (Å²) in [5, 5.41) is 3.64. The van der Waals surface area contributed by atoms with Crippen molar-refractivity contribution < 1.29 is 4.79 Å². The molecule has 4 rings (SSSR count). The van der Waals surface area contributed by atoms with E-state index in [1.807, 2.05) is 17.0 Å². The van der Waals surface area contributed by atoms with Gasteiger partial charge in [0.25, 0.3) is 0 Å². The zero-order valence-corrected chi connectivity index (χ0v) is 16.1. The van der Waals surface area contributed by atoms with Crippen LogP contribution >= 0.6 is 11.6 Å². The molecule has 3 aliphatic rings. The lowest BCUT2D eigenvalue weighted by Crippen LogP contribution is -2.52. The van der Waals surface area contributed by atoms with Crippen LogP contribution in [0.2, 0.25) is 5.02 Å². The van der Waals surface area contributed by atoms with Crippen LogP contribution in [0.5, 0.6) is 0 Å². The first kappa shape index (κ1) is 18.1. The molecule has 1 aromatic carbocycles. The molecule has 142 valence electrons. The van der Waals surface area contributed by atoms with Crippen LogP contribution in [0.4, 0.5) is 10.5 Å². The quantitative estimate of drug-likeness (QED) is 0.875. The fraction of sp³-hybridized carbons (Fsp3) is 0.650. The minimum atomic E-state index is -0.00968.